The minimum absolute atomic E-state index is 0.0479. The quantitative estimate of drug-likeness (QED) is 0.520. The zero-order valence-corrected chi connectivity index (χ0v) is 10.8. The molecule has 1 rings (SSSR count). The van der Waals surface area contributed by atoms with Gasteiger partial charge in [0.25, 0.3) is 0 Å². The van der Waals surface area contributed by atoms with Gasteiger partial charge in [0.1, 0.15) is 5.71 Å². The molecule has 0 bridgehead atoms. The Kier molecular flexibility index (Phi) is 6.23. The summed E-state index contributed by atoms with van der Waals surface area (Å²) in [6.45, 7) is 4.52. The maximum Gasteiger partial charge on any atom is 0.178 e. The molecule has 2 heteroatoms. The molecular formula is C15H21NO. The van der Waals surface area contributed by atoms with Gasteiger partial charge in [0.15, 0.2) is 5.78 Å². The molecule has 0 aliphatic carbocycles. The molecule has 0 aromatic heterocycles. The lowest BCUT2D eigenvalue weighted by Gasteiger charge is -2.03. The Morgan fingerprint density at radius 2 is 1.82 bits per heavy atom. The van der Waals surface area contributed by atoms with Gasteiger partial charge in [-0.05, 0) is 6.42 Å². The Labute approximate surface area is 104 Å². The third-order valence-corrected chi connectivity index (χ3v) is 2.66. The molecule has 1 aromatic carbocycles. The number of aliphatic imine (C=N–C) groups is 1. The summed E-state index contributed by atoms with van der Waals surface area (Å²) in [7, 11) is 0. The zero-order chi connectivity index (χ0) is 12.5. The van der Waals surface area contributed by atoms with Crippen LogP contribution in [0.4, 0.5) is 0 Å². The number of ketones is 1. The van der Waals surface area contributed by atoms with E-state index in [1.165, 1.54) is 19.3 Å². The predicted molar refractivity (Wildman–Crippen MR) is 72.7 cm³/mol. The molecule has 0 aliphatic rings. The van der Waals surface area contributed by atoms with Gasteiger partial charge in [-0.2, -0.15) is 0 Å². The van der Waals surface area contributed by atoms with Crippen LogP contribution in [0.2, 0.25) is 0 Å². The molecule has 0 radical (unpaired) electrons. The van der Waals surface area contributed by atoms with Crippen molar-refractivity contribution in [3.8, 4) is 0 Å². The normalized spacial score (nSPS) is 11.5. The highest BCUT2D eigenvalue weighted by molar-refractivity contribution is 6.45. The Hall–Kier alpha value is -1.44. The molecule has 2 nitrogen and oxygen atoms in total. The monoisotopic (exact) mass is 231 g/mol. The smallest absolute Gasteiger partial charge is 0.178 e. The lowest BCUT2D eigenvalue weighted by atomic mass is 10.1. The van der Waals surface area contributed by atoms with Crippen molar-refractivity contribution in [2.45, 2.75) is 39.5 Å². The molecule has 17 heavy (non-hydrogen) atoms. The second kappa shape index (κ2) is 7.77. The van der Waals surface area contributed by atoms with Gasteiger partial charge in [-0.3, -0.25) is 9.79 Å². The number of nitrogens with zero attached hydrogens (tertiary/aromatic N) is 1. The minimum atomic E-state index is 0.0479. The molecule has 0 heterocycles. The van der Waals surface area contributed by atoms with Crippen molar-refractivity contribution in [1.82, 2.24) is 0 Å². The van der Waals surface area contributed by atoms with Crippen molar-refractivity contribution in [1.29, 1.82) is 0 Å². The van der Waals surface area contributed by atoms with Gasteiger partial charge in [0.05, 0.1) is 0 Å². The molecule has 0 unspecified atom stereocenters. The Morgan fingerprint density at radius 1 is 1.12 bits per heavy atom. The van der Waals surface area contributed by atoms with E-state index in [4.69, 9.17) is 0 Å². The first-order valence-electron chi connectivity index (χ1n) is 6.36. The lowest BCUT2D eigenvalue weighted by molar-refractivity contribution is -0.111. The molecule has 0 amide bonds. The summed E-state index contributed by atoms with van der Waals surface area (Å²) in [5, 5.41) is 0. The van der Waals surface area contributed by atoms with Gasteiger partial charge in [0.2, 0.25) is 0 Å². The molecule has 0 aliphatic heterocycles. The van der Waals surface area contributed by atoms with E-state index in [9.17, 15) is 4.79 Å². The SMILES string of the molecule is CCCCCCN=C(C(C)=O)c1ccccc1. The van der Waals surface area contributed by atoms with E-state index in [0.717, 1.165) is 18.5 Å². The van der Waals surface area contributed by atoms with Gasteiger partial charge in [-0.15, -0.1) is 0 Å². The minimum Gasteiger partial charge on any atom is -0.293 e. The van der Waals surface area contributed by atoms with Gasteiger partial charge in [-0.1, -0.05) is 56.5 Å². The van der Waals surface area contributed by atoms with Gasteiger partial charge in [0, 0.05) is 19.0 Å². The van der Waals surface area contributed by atoms with E-state index in [-0.39, 0.29) is 5.78 Å². The number of Topliss-reactive ketones (excluding diaryl/α,β-unsaturated/α-hetero) is 1. The number of carbonyl (C=O) groups excluding carboxylic acids is 1. The van der Waals surface area contributed by atoms with E-state index < -0.39 is 0 Å². The second-order valence-corrected chi connectivity index (χ2v) is 4.21. The van der Waals surface area contributed by atoms with Crippen molar-refractivity contribution in [2.24, 2.45) is 4.99 Å². The number of benzene rings is 1. The van der Waals surface area contributed by atoms with Crippen LogP contribution < -0.4 is 0 Å². The van der Waals surface area contributed by atoms with Crippen molar-refractivity contribution in [3.05, 3.63) is 35.9 Å². The van der Waals surface area contributed by atoms with E-state index in [2.05, 4.69) is 11.9 Å². The summed E-state index contributed by atoms with van der Waals surface area (Å²) in [6, 6.07) is 9.69. The van der Waals surface area contributed by atoms with Crippen LogP contribution in [0, 0.1) is 0 Å². The zero-order valence-electron chi connectivity index (χ0n) is 10.8. The van der Waals surface area contributed by atoms with E-state index in [1.807, 2.05) is 30.3 Å². The Morgan fingerprint density at radius 3 is 2.41 bits per heavy atom. The van der Waals surface area contributed by atoms with Gasteiger partial charge in [-0.25, -0.2) is 0 Å². The summed E-state index contributed by atoms with van der Waals surface area (Å²) in [6.07, 6.45) is 4.73. The second-order valence-electron chi connectivity index (χ2n) is 4.21. The van der Waals surface area contributed by atoms with E-state index in [0.29, 0.717) is 5.71 Å². The molecule has 0 fully saturated rings. The largest absolute Gasteiger partial charge is 0.293 e. The van der Waals surface area contributed by atoms with Crippen molar-refractivity contribution < 1.29 is 4.79 Å². The highest BCUT2D eigenvalue weighted by Crippen LogP contribution is 2.04. The third-order valence-electron chi connectivity index (χ3n) is 2.66. The van der Waals surface area contributed by atoms with Gasteiger partial charge >= 0.3 is 0 Å². The number of hydrogen-bond acceptors (Lipinski definition) is 2. The van der Waals surface area contributed by atoms with Crippen LogP contribution in [0.25, 0.3) is 0 Å². The highest BCUT2D eigenvalue weighted by atomic mass is 16.1. The van der Waals surface area contributed by atoms with E-state index >= 15 is 0 Å². The lowest BCUT2D eigenvalue weighted by Crippen LogP contribution is -2.12. The topological polar surface area (TPSA) is 29.4 Å². The average molecular weight is 231 g/mol. The summed E-state index contributed by atoms with van der Waals surface area (Å²) in [5.41, 5.74) is 1.54. The Balaban J connectivity index is 2.61. The maximum atomic E-state index is 11.5. The molecule has 92 valence electrons. The number of unbranched alkanes of at least 4 members (excludes halogenated alkanes) is 3. The molecule has 0 atom stereocenters. The van der Waals surface area contributed by atoms with Gasteiger partial charge < -0.3 is 0 Å². The molecule has 0 saturated heterocycles. The van der Waals surface area contributed by atoms with Crippen LogP contribution in [-0.2, 0) is 4.79 Å². The molecule has 0 saturated carbocycles. The molecule has 0 N–H and O–H groups in total. The number of rotatable bonds is 7. The van der Waals surface area contributed by atoms with Crippen LogP contribution in [0.1, 0.15) is 45.1 Å². The van der Waals surface area contributed by atoms with Crippen LogP contribution in [0.5, 0.6) is 0 Å². The van der Waals surface area contributed by atoms with Crippen LogP contribution in [-0.4, -0.2) is 18.0 Å². The Bertz CT molecular complexity index is 368. The first-order chi connectivity index (χ1) is 8.25. The summed E-state index contributed by atoms with van der Waals surface area (Å²) < 4.78 is 0. The number of carbonyl (C=O) groups is 1. The maximum absolute atomic E-state index is 11.5. The third kappa shape index (κ3) is 4.94. The fourth-order valence-corrected chi connectivity index (χ4v) is 1.73. The standard InChI is InChI=1S/C15H21NO/c1-3-4-5-9-12-16-15(13(2)17)14-10-7-6-8-11-14/h6-8,10-11H,3-5,9,12H2,1-2H3. The van der Waals surface area contributed by atoms with Crippen LogP contribution >= 0.6 is 0 Å². The van der Waals surface area contributed by atoms with Crippen molar-refractivity contribution in [2.75, 3.05) is 6.54 Å². The molecular weight excluding hydrogens is 210 g/mol. The van der Waals surface area contributed by atoms with E-state index in [1.54, 1.807) is 6.92 Å². The highest BCUT2D eigenvalue weighted by Gasteiger charge is 2.07. The molecule has 0 spiro atoms. The predicted octanol–water partition coefficient (Wildman–Crippen LogP) is 3.65. The summed E-state index contributed by atoms with van der Waals surface area (Å²) >= 11 is 0. The fourth-order valence-electron chi connectivity index (χ4n) is 1.73. The number of hydrogen-bond donors (Lipinski definition) is 0. The first-order valence-corrected chi connectivity index (χ1v) is 6.36. The van der Waals surface area contributed by atoms with Crippen molar-refractivity contribution >= 4 is 11.5 Å². The average Bonchev–Trinajstić information content (AvgIpc) is 2.34. The first kappa shape index (κ1) is 13.6. The van der Waals surface area contributed by atoms with Crippen LogP contribution in [0.15, 0.2) is 35.3 Å². The fraction of sp³-hybridized carbons (Fsp3) is 0.467. The molecule has 1 aromatic rings. The summed E-state index contributed by atoms with van der Waals surface area (Å²) in [4.78, 5) is 16.0. The summed E-state index contributed by atoms with van der Waals surface area (Å²) in [5.74, 6) is 0.0479. The van der Waals surface area contributed by atoms with Crippen molar-refractivity contribution in [3.63, 3.8) is 0 Å². The van der Waals surface area contributed by atoms with Crippen LogP contribution in [0.3, 0.4) is 0 Å².